The third-order valence-corrected chi connectivity index (χ3v) is 4.42. The van der Waals surface area contributed by atoms with Crippen LogP contribution in [0.3, 0.4) is 0 Å². The first-order chi connectivity index (χ1) is 12.0. The van der Waals surface area contributed by atoms with Crippen LogP contribution in [0.25, 0.3) is 6.08 Å². The summed E-state index contributed by atoms with van der Waals surface area (Å²) in [5.41, 5.74) is 2.50. The van der Waals surface area contributed by atoms with Crippen molar-refractivity contribution in [3.63, 3.8) is 0 Å². The highest BCUT2D eigenvalue weighted by Gasteiger charge is 2.34. The lowest BCUT2D eigenvalue weighted by molar-refractivity contribution is -0.122. The lowest BCUT2D eigenvalue weighted by Gasteiger charge is -2.29. The van der Waals surface area contributed by atoms with Crippen LogP contribution >= 0.6 is 23.8 Å². The van der Waals surface area contributed by atoms with Gasteiger partial charge >= 0.3 is 0 Å². The highest BCUT2D eigenvalue weighted by Crippen LogP contribution is 2.23. The number of nitrogens with zero attached hydrogens (tertiary/aromatic N) is 1. The van der Waals surface area contributed by atoms with Gasteiger partial charge in [0.05, 0.1) is 5.69 Å². The first-order valence-electron chi connectivity index (χ1n) is 7.75. The third-order valence-electron chi connectivity index (χ3n) is 3.89. The number of amides is 2. The molecule has 0 spiro atoms. The van der Waals surface area contributed by atoms with Gasteiger partial charge in [0, 0.05) is 5.02 Å². The van der Waals surface area contributed by atoms with Crippen LogP contribution in [0.5, 0.6) is 0 Å². The van der Waals surface area contributed by atoms with Gasteiger partial charge in [-0.2, -0.15) is 0 Å². The fourth-order valence-corrected chi connectivity index (χ4v) is 2.91. The van der Waals surface area contributed by atoms with Crippen molar-refractivity contribution in [3.05, 3.63) is 70.3 Å². The van der Waals surface area contributed by atoms with Crippen LogP contribution < -0.4 is 10.2 Å². The highest BCUT2D eigenvalue weighted by atomic mass is 35.5. The van der Waals surface area contributed by atoms with Gasteiger partial charge in [0.2, 0.25) is 0 Å². The summed E-state index contributed by atoms with van der Waals surface area (Å²) in [4.78, 5) is 26.4. The SMILES string of the molecule is CCc1ccc(N2C(=O)C(=Cc3ccc(Cl)cc3)C(=O)NC2=S)cc1. The number of aryl methyl sites for hydroxylation is 1. The first-order valence-corrected chi connectivity index (χ1v) is 8.54. The Kier molecular flexibility index (Phi) is 4.97. The molecule has 1 aliphatic rings. The molecule has 2 amide bonds. The van der Waals surface area contributed by atoms with Crippen molar-refractivity contribution in [2.75, 3.05) is 4.90 Å². The Morgan fingerprint density at radius 1 is 1.08 bits per heavy atom. The highest BCUT2D eigenvalue weighted by molar-refractivity contribution is 7.80. The Bertz CT molecular complexity index is 873. The van der Waals surface area contributed by atoms with Crippen LogP contribution in [-0.4, -0.2) is 16.9 Å². The van der Waals surface area contributed by atoms with Gasteiger partial charge in [-0.15, -0.1) is 0 Å². The van der Waals surface area contributed by atoms with E-state index in [0.29, 0.717) is 16.3 Å². The second kappa shape index (κ2) is 7.17. The molecule has 0 aromatic heterocycles. The zero-order valence-corrected chi connectivity index (χ0v) is 15.0. The number of thiocarbonyl (C=S) groups is 1. The second-order valence-electron chi connectivity index (χ2n) is 5.53. The maximum atomic E-state index is 12.9. The van der Waals surface area contributed by atoms with Crippen LogP contribution in [-0.2, 0) is 16.0 Å². The van der Waals surface area contributed by atoms with Crippen molar-refractivity contribution >= 4 is 52.5 Å². The molecular formula is C19H15ClN2O2S. The fraction of sp³-hybridized carbons (Fsp3) is 0.105. The summed E-state index contributed by atoms with van der Waals surface area (Å²) >= 11 is 11.1. The van der Waals surface area contributed by atoms with Gasteiger partial charge in [-0.3, -0.25) is 19.8 Å². The number of carbonyl (C=O) groups excluding carboxylic acids is 2. The summed E-state index contributed by atoms with van der Waals surface area (Å²) in [6.45, 7) is 2.05. The van der Waals surface area contributed by atoms with E-state index in [1.807, 2.05) is 24.3 Å². The van der Waals surface area contributed by atoms with E-state index >= 15 is 0 Å². The minimum Gasteiger partial charge on any atom is -0.298 e. The van der Waals surface area contributed by atoms with E-state index in [-0.39, 0.29) is 10.7 Å². The van der Waals surface area contributed by atoms with E-state index in [1.165, 1.54) is 11.0 Å². The average Bonchev–Trinajstić information content (AvgIpc) is 2.60. The summed E-state index contributed by atoms with van der Waals surface area (Å²) in [6.07, 6.45) is 2.43. The quantitative estimate of drug-likeness (QED) is 0.508. The molecule has 1 saturated heterocycles. The van der Waals surface area contributed by atoms with Crippen molar-refractivity contribution in [1.82, 2.24) is 5.32 Å². The van der Waals surface area contributed by atoms with Crippen molar-refractivity contribution in [2.24, 2.45) is 0 Å². The first kappa shape index (κ1) is 17.3. The zero-order valence-electron chi connectivity index (χ0n) is 13.5. The molecule has 25 heavy (non-hydrogen) atoms. The van der Waals surface area contributed by atoms with Crippen molar-refractivity contribution < 1.29 is 9.59 Å². The summed E-state index contributed by atoms with van der Waals surface area (Å²) in [5, 5.41) is 3.23. The maximum Gasteiger partial charge on any atom is 0.270 e. The number of benzene rings is 2. The summed E-state index contributed by atoms with van der Waals surface area (Å²) in [6, 6.07) is 14.4. The number of rotatable bonds is 3. The zero-order chi connectivity index (χ0) is 18.0. The van der Waals surface area contributed by atoms with Gasteiger partial charge in [0.15, 0.2) is 5.11 Å². The predicted octanol–water partition coefficient (Wildman–Crippen LogP) is 3.73. The third kappa shape index (κ3) is 3.62. The normalized spacial score (nSPS) is 16.3. The average molecular weight is 371 g/mol. The smallest absolute Gasteiger partial charge is 0.270 e. The minimum atomic E-state index is -0.508. The minimum absolute atomic E-state index is 0.0236. The molecule has 3 rings (SSSR count). The second-order valence-corrected chi connectivity index (χ2v) is 6.35. The van der Waals surface area contributed by atoms with Crippen molar-refractivity contribution in [2.45, 2.75) is 13.3 Å². The molecule has 0 bridgehead atoms. The van der Waals surface area contributed by atoms with Crippen LogP contribution in [0, 0.1) is 0 Å². The summed E-state index contributed by atoms with van der Waals surface area (Å²) in [5.74, 6) is -0.959. The Morgan fingerprint density at radius 3 is 2.32 bits per heavy atom. The molecule has 1 aliphatic heterocycles. The largest absolute Gasteiger partial charge is 0.298 e. The standard InChI is InChI=1S/C19H15ClN2O2S/c1-2-12-5-9-15(10-6-12)22-18(24)16(17(23)21-19(22)25)11-13-3-7-14(20)8-4-13/h3-11H,2H2,1H3,(H,21,23,25). The van der Waals surface area contributed by atoms with Crippen LogP contribution in [0.4, 0.5) is 5.69 Å². The lowest BCUT2D eigenvalue weighted by Crippen LogP contribution is -2.54. The molecule has 0 unspecified atom stereocenters. The topological polar surface area (TPSA) is 49.4 Å². The number of hydrogen-bond acceptors (Lipinski definition) is 3. The monoisotopic (exact) mass is 370 g/mol. The predicted molar refractivity (Wildman–Crippen MR) is 103 cm³/mol. The van der Waals surface area contributed by atoms with E-state index in [0.717, 1.165) is 12.0 Å². The molecule has 0 aliphatic carbocycles. The summed E-state index contributed by atoms with van der Waals surface area (Å²) in [7, 11) is 0. The Morgan fingerprint density at radius 2 is 1.72 bits per heavy atom. The maximum absolute atomic E-state index is 12.9. The summed E-state index contributed by atoms with van der Waals surface area (Å²) < 4.78 is 0. The van der Waals surface area contributed by atoms with Crippen molar-refractivity contribution in [3.8, 4) is 0 Å². The molecule has 4 nitrogen and oxygen atoms in total. The Balaban J connectivity index is 1.97. The molecule has 0 saturated carbocycles. The van der Waals surface area contributed by atoms with E-state index in [4.69, 9.17) is 23.8 Å². The molecule has 2 aromatic carbocycles. The molecule has 1 heterocycles. The molecule has 6 heteroatoms. The van der Waals surface area contributed by atoms with Crippen molar-refractivity contribution in [1.29, 1.82) is 0 Å². The van der Waals surface area contributed by atoms with Crippen LogP contribution in [0.1, 0.15) is 18.1 Å². The van der Waals surface area contributed by atoms with Gasteiger partial charge in [-0.1, -0.05) is 42.8 Å². The van der Waals surface area contributed by atoms with E-state index < -0.39 is 11.8 Å². The molecule has 1 fully saturated rings. The number of nitrogens with one attached hydrogen (secondary N) is 1. The van der Waals surface area contributed by atoms with Gasteiger partial charge in [0.1, 0.15) is 5.57 Å². The molecule has 1 N–H and O–H groups in total. The van der Waals surface area contributed by atoms with Crippen LogP contribution in [0.2, 0.25) is 5.02 Å². The number of hydrogen-bond donors (Lipinski definition) is 1. The van der Waals surface area contributed by atoms with E-state index in [2.05, 4.69) is 12.2 Å². The van der Waals surface area contributed by atoms with E-state index in [9.17, 15) is 9.59 Å². The molecule has 0 radical (unpaired) electrons. The lowest BCUT2D eigenvalue weighted by atomic mass is 10.1. The van der Waals surface area contributed by atoms with Gasteiger partial charge < -0.3 is 0 Å². The van der Waals surface area contributed by atoms with Crippen LogP contribution in [0.15, 0.2) is 54.1 Å². The van der Waals surface area contributed by atoms with E-state index in [1.54, 1.807) is 24.3 Å². The molecule has 0 atom stereocenters. The molecule has 126 valence electrons. The Hall–Kier alpha value is -2.50. The van der Waals surface area contributed by atoms with Gasteiger partial charge in [-0.25, -0.2) is 0 Å². The Labute approximate surface area is 156 Å². The number of carbonyl (C=O) groups is 2. The molecular weight excluding hydrogens is 356 g/mol. The fourth-order valence-electron chi connectivity index (χ4n) is 2.50. The number of anilines is 1. The van der Waals surface area contributed by atoms with Gasteiger partial charge in [0.25, 0.3) is 11.8 Å². The molecule has 2 aromatic rings. The number of halogens is 1. The van der Waals surface area contributed by atoms with Gasteiger partial charge in [-0.05, 0) is 60.1 Å².